The van der Waals surface area contributed by atoms with Gasteiger partial charge in [0.1, 0.15) is 4.21 Å². The Balaban J connectivity index is 1.62. The molecule has 0 amide bonds. The first kappa shape index (κ1) is 14.5. The molecule has 7 heteroatoms. The Morgan fingerprint density at radius 1 is 1.30 bits per heavy atom. The van der Waals surface area contributed by atoms with E-state index in [1.165, 1.54) is 11.3 Å². The van der Waals surface area contributed by atoms with Gasteiger partial charge in [-0.3, -0.25) is 9.80 Å². The summed E-state index contributed by atoms with van der Waals surface area (Å²) in [6, 6.07) is 3.93. The fraction of sp³-hybridized carbons (Fsp3) is 0.692. The average molecular weight is 315 g/mol. The van der Waals surface area contributed by atoms with E-state index in [4.69, 9.17) is 0 Å². The Morgan fingerprint density at radius 3 is 2.60 bits per heavy atom. The molecule has 1 aromatic heterocycles. The lowest BCUT2D eigenvalue weighted by molar-refractivity contribution is 0.0158. The van der Waals surface area contributed by atoms with Crippen LogP contribution in [0.25, 0.3) is 0 Å². The number of aryl methyl sites for hydroxylation is 1. The lowest BCUT2D eigenvalue weighted by Crippen LogP contribution is -2.63. The number of piperazine rings is 3. The summed E-state index contributed by atoms with van der Waals surface area (Å²) in [7, 11) is -3.34. The van der Waals surface area contributed by atoms with E-state index in [0.717, 1.165) is 44.0 Å². The van der Waals surface area contributed by atoms with E-state index < -0.39 is 10.0 Å². The molecule has 3 fully saturated rings. The van der Waals surface area contributed by atoms with Gasteiger partial charge < -0.3 is 0 Å². The maximum absolute atomic E-state index is 12.3. The van der Waals surface area contributed by atoms with Gasteiger partial charge in [-0.15, -0.1) is 11.3 Å². The number of nitrogens with zero attached hydrogens (tertiary/aromatic N) is 2. The van der Waals surface area contributed by atoms with Crippen molar-refractivity contribution >= 4 is 21.4 Å². The molecule has 3 aliphatic rings. The molecule has 0 saturated carbocycles. The minimum Gasteiger partial charge on any atom is -0.299 e. The first-order valence-electron chi connectivity index (χ1n) is 7.13. The van der Waals surface area contributed by atoms with Crippen LogP contribution in [0.5, 0.6) is 0 Å². The van der Waals surface area contributed by atoms with Crippen molar-refractivity contribution in [2.45, 2.75) is 23.6 Å². The van der Waals surface area contributed by atoms with Gasteiger partial charge in [0.2, 0.25) is 10.0 Å². The summed E-state index contributed by atoms with van der Waals surface area (Å²) in [4.78, 5) is 5.92. The highest BCUT2D eigenvalue weighted by atomic mass is 32.2. The first-order valence-corrected chi connectivity index (χ1v) is 9.43. The molecular formula is C13H21N3O2S2. The highest BCUT2D eigenvalue weighted by molar-refractivity contribution is 7.91. The molecule has 0 aliphatic carbocycles. The topological polar surface area (TPSA) is 52.7 Å². The maximum Gasteiger partial charge on any atom is 0.250 e. The molecule has 1 atom stereocenters. The quantitative estimate of drug-likeness (QED) is 0.864. The number of nitrogens with one attached hydrogen (secondary N) is 1. The van der Waals surface area contributed by atoms with Crippen LogP contribution in [0.15, 0.2) is 16.3 Å². The Kier molecular flexibility index (Phi) is 4.14. The second-order valence-corrected chi connectivity index (χ2v) is 8.58. The molecule has 2 bridgehead atoms. The van der Waals surface area contributed by atoms with E-state index >= 15 is 0 Å². The van der Waals surface area contributed by atoms with Crippen molar-refractivity contribution < 1.29 is 8.42 Å². The van der Waals surface area contributed by atoms with E-state index in [-0.39, 0.29) is 0 Å². The SMILES string of the molecule is CCc1ccc(S(=O)(=O)NCC2CN3CCN2CC3)s1. The molecule has 0 aromatic carbocycles. The summed E-state index contributed by atoms with van der Waals surface area (Å²) in [5, 5.41) is 0. The number of fused-ring (bicyclic) bond motifs is 3. The Bertz CT molecular complexity index is 562. The summed E-state index contributed by atoms with van der Waals surface area (Å²) < 4.78 is 27.8. The third kappa shape index (κ3) is 2.92. The highest BCUT2D eigenvalue weighted by Crippen LogP contribution is 2.22. The second-order valence-electron chi connectivity index (χ2n) is 5.42. The van der Waals surface area contributed by atoms with E-state index in [1.807, 2.05) is 13.0 Å². The van der Waals surface area contributed by atoms with Gasteiger partial charge in [-0.05, 0) is 18.6 Å². The number of rotatable bonds is 5. The summed E-state index contributed by atoms with van der Waals surface area (Å²) in [6.07, 6.45) is 0.881. The van der Waals surface area contributed by atoms with E-state index in [1.54, 1.807) is 6.07 Å². The lowest BCUT2D eigenvalue weighted by Gasteiger charge is -2.47. The minimum atomic E-state index is -3.34. The molecule has 1 N–H and O–H groups in total. The zero-order valence-electron chi connectivity index (χ0n) is 11.7. The van der Waals surface area contributed by atoms with Crippen LogP contribution in [-0.2, 0) is 16.4 Å². The Labute approximate surface area is 124 Å². The van der Waals surface area contributed by atoms with Crippen molar-refractivity contribution in [1.82, 2.24) is 14.5 Å². The van der Waals surface area contributed by atoms with Gasteiger partial charge in [-0.2, -0.15) is 0 Å². The van der Waals surface area contributed by atoms with E-state index in [0.29, 0.717) is 16.8 Å². The largest absolute Gasteiger partial charge is 0.299 e. The van der Waals surface area contributed by atoms with Crippen LogP contribution in [0.2, 0.25) is 0 Å². The molecule has 3 saturated heterocycles. The monoisotopic (exact) mass is 315 g/mol. The summed E-state index contributed by atoms with van der Waals surface area (Å²) in [6.45, 7) is 7.89. The van der Waals surface area contributed by atoms with Crippen molar-refractivity contribution in [1.29, 1.82) is 0 Å². The molecular weight excluding hydrogens is 294 g/mol. The minimum absolute atomic E-state index is 0.317. The van der Waals surface area contributed by atoms with Gasteiger partial charge in [-0.1, -0.05) is 6.92 Å². The van der Waals surface area contributed by atoms with Crippen LogP contribution >= 0.6 is 11.3 Å². The first-order chi connectivity index (χ1) is 9.58. The summed E-state index contributed by atoms with van der Waals surface area (Å²) in [5.41, 5.74) is 0. The summed E-state index contributed by atoms with van der Waals surface area (Å²) >= 11 is 1.37. The molecule has 0 spiro atoms. The number of hydrogen-bond acceptors (Lipinski definition) is 5. The van der Waals surface area contributed by atoms with Crippen LogP contribution in [0.1, 0.15) is 11.8 Å². The smallest absolute Gasteiger partial charge is 0.250 e. The van der Waals surface area contributed by atoms with Crippen LogP contribution in [0.4, 0.5) is 0 Å². The second kappa shape index (κ2) is 5.73. The van der Waals surface area contributed by atoms with Gasteiger partial charge >= 0.3 is 0 Å². The van der Waals surface area contributed by atoms with Crippen molar-refractivity contribution in [3.63, 3.8) is 0 Å². The predicted molar refractivity (Wildman–Crippen MR) is 80.7 cm³/mol. The number of hydrogen-bond donors (Lipinski definition) is 1. The Hall–Kier alpha value is -0.470. The zero-order chi connectivity index (χ0) is 14.2. The van der Waals surface area contributed by atoms with Crippen molar-refractivity contribution in [2.24, 2.45) is 0 Å². The number of thiophene rings is 1. The standard InChI is InChI=1S/C13H21N3O2S2/c1-2-12-3-4-13(19-12)20(17,18)14-9-11-10-15-5-7-16(11)8-6-15/h3-4,11,14H,2,5-10H2,1H3. The molecule has 3 aliphatic heterocycles. The van der Waals surface area contributed by atoms with Gasteiger partial charge in [0.15, 0.2) is 0 Å². The fourth-order valence-corrected chi connectivity index (χ4v) is 5.30. The van der Waals surface area contributed by atoms with Crippen molar-refractivity contribution in [3.05, 3.63) is 17.0 Å². The highest BCUT2D eigenvalue weighted by Gasteiger charge is 2.32. The normalized spacial score (nSPS) is 29.8. The zero-order valence-corrected chi connectivity index (χ0v) is 13.3. The molecule has 1 aromatic rings. The van der Waals surface area contributed by atoms with Crippen LogP contribution in [0, 0.1) is 0 Å². The van der Waals surface area contributed by atoms with Crippen molar-refractivity contribution in [3.8, 4) is 0 Å². The van der Waals surface area contributed by atoms with Crippen LogP contribution < -0.4 is 4.72 Å². The fourth-order valence-electron chi connectivity index (χ4n) is 2.89. The molecule has 5 nitrogen and oxygen atoms in total. The van der Waals surface area contributed by atoms with E-state index in [2.05, 4.69) is 14.5 Å². The van der Waals surface area contributed by atoms with Gasteiger partial charge in [-0.25, -0.2) is 13.1 Å². The molecule has 1 unspecified atom stereocenters. The molecule has 112 valence electrons. The van der Waals surface area contributed by atoms with Crippen LogP contribution in [-0.4, -0.2) is 63.5 Å². The molecule has 4 rings (SSSR count). The predicted octanol–water partition coefficient (Wildman–Crippen LogP) is 0.589. The van der Waals surface area contributed by atoms with Gasteiger partial charge in [0.25, 0.3) is 0 Å². The molecule has 0 radical (unpaired) electrons. The average Bonchev–Trinajstić information content (AvgIpc) is 2.96. The van der Waals surface area contributed by atoms with Crippen LogP contribution in [0.3, 0.4) is 0 Å². The maximum atomic E-state index is 12.3. The third-order valence-corrected chi connectivity index (χ3v) is 7.30. The molecule has 20 heavy (non-hydrogen) atoms. The van der Waals surface area contributed by atoms with E-state index in [9.17, 15) is 8.42 Å². The van der Waals surface area contributed by atoms with Gasteiger partial charge in [0.05, 0.1) is 0 Å². The Morgan fingerprint density at radius 2 is 2.05 bits per heavy atom. The van der Waals surface area contributed by atoms with Crippen molar-refractivity contribution in [2.75, 3.05) is 39.3 Å². The van der Waals surface area contributed by atoms with Gasteiger partial charge in [0, 0.05) is 50.2 Å². The number of sulfonamides is 1. The third-order valence-electron chi connectivity index (χ3n) is 4.15. The lowest BCUT2D eigenvalue weighted by atomic mass is 10.1. The summed E-state index contributed by atoms with van der Waals surface area (Å²) in [5.74, 6) is 0. The molecule has 4 heterocycles.